The summed E-state index contributed by atoms with van der Waals surface area (Å²) < 4.78 is 6.58. The Bertz CT molecular complexity index is 2240. The summed E-state index contributed by atoms with van der Waals surface area (Å²) in [5, 5.41) is 4.96. The number of hydrogen-bond donors (Lipinski definition) is 0. The van der Waals surface area contributed by atoms with Gasteiger partial charge in [-0.15, -0.1) is 0 Å². The van der Waals surface area contributed by atoms with Gasteiger partial charge >= 0.3 is 0 Å². The first-order chi connectivity index (χ1) is 20.6. The molecule has 1 heterocycles. The van der Waals surface area contributed by atoms with Crippen molar-refractivity contribution < 1.29 is 4.74 Å². The van der Waals surface area contributed by atoms with Crippen LogP contribution >= 0.6 is 0 Å². The molecule has 0 bridgehead atoms. The SMILES string of the molecule is CC1(C)c2ccccc2-c2cc3ccc(-c4ccc5c6c(cccc46)-c4ccc(-c6ccccc6)cc4O5)cc3cc21. The normalized spacial score (nSPS) is 13.9. The van der Waals surface area contributed by atoms with Gasteiger partial charge < -0.3 is 4.74 Å². The predicted octanol–water partition coefficient (Wildman–Crippen LogP) is 11.4. The van der Waals surface area contributed by atoms with Crippen molar-refractivity contribution in [2.75, 3.05) is 0 Å². The number of hydrogen-bond acceptors (Lipinski definition) is 1. The second-order valence-corrected chi connectivity index (χ2v) is 12.1. The first kappa shape index (κ1) is 23.6. The Balaban J connectivity index is 1.19. The fourth-order valence-corrected chi connectivity index (χ4v) is 7.31. The maximum Gasteiger partial charge on any atom is 0.135 e. The molecule has 1 aliphatic carbocycles. The lowest BCUT2D eigenvalue weighted by atomic mass is 9.81. The van der Waals surface area contributed by atoms with Gasteiger partial charge in [-0.2, -0.15) is 0 Å². The summed E-state index contributed by atoms with van der Waals surface area (Å²) in [5.74, 6) is 1.83. The minimum atomic E-state index is -0.0124. The fraction of sp³-hybridized carbons (Fsp3) is 0.0732. The Labute approximate surface area is 245 Å². The highest BCUT2D eigenvalue weighted by atomic mass is 16.5. The molecule has 9 rings (SSSR count). The molecule has 198 valence electrons. The third kappa shape index (κ3) is 3.25. The zero-order valence-electron chi connectivity index (χ0n) is 23.6. The summed E-state index contributed by atoms with van der Waals surface area (Å²) in [7, 11) is 0. The number of fused-ring (bicyclic) bond motifs is 6. The molecule has 0 spiro atoms. The van der Waals surface area contributed by atoms with E-state index in [2.05, 4.69) is 147 Å². The van der Waals surface area contributed by atoms with Gasteiger partial charge in [0.2, 0.25) is 0 Å². The van der Waals surface area contributed by atoms with Gasteiger partial charge in [-0.05, 0) is 103 Å². The summed E-state index contributed by atoms with van der Waals surface area (Å²) >= 11 is 0. The fourth-order valence-electron chi connectivity index (χ4n) is 7.31. The van der Waals surface area contributed by atoms with Crippen LogP contribution in [0.4, 0.5) is 0 Å². The first-order valence-electron chi connectivity index (χ1n) is 14.7. The van der Waals surface area contributed by atoms with Crippen molar-refractivity contribution in [3.05, 3.63) is 145 Å². The largest absolute Gasteiger partial charge is 0.456 e. The molecule has 1 aliphatic heterocycles. The number of benzene rings is 7. The Morgan fingerprint density at radius 1 is 0.429 bits per heavy atom. The standard InChI is InChI=1S/C41H28O/c1-41(2)36-14-7-6-11-31(36)35-22-26-15-16-28(21-29(26)23-37(35)41)30-19-20-38-40-33(30)12-8-13-34(40)32-18-17-27(24-39(32)42-38)25-9-4-3-5-10-25/h3-24H,1-2H3. The molecule has 42 heavy (non-hydrogen) atoms. The molecule has 0 saturated heterocycles. The zero-order chi connectivity index (χ0) is 28.0. The third-order valence-electron chi connectivity index (χ3n) is 9.45. The van der Waals surface area contributed by atoms with Crippen molar-refractivity contribution >= 4 is 21.5 Å². The van der Waals surface area contributed by atoms with Gasteiger partial charge in [0.1, 0.15) is 11.5 Å². The van der Waals surface area contributed by atoms with Gasteiger partial charge in [0.05, 0.1) is 0 Å². The molecule has 1 heteroatoms. The second kappa shape index (κ2) is 8.44. The molecular weight excluding hydrogens is 508 g/mol. The smallest absolute Gasteiger partial charge is 0.135 e. The third-order valence-corrected chi connectivity index (χ3v) is 9.45. The maximum absolute atomic E-state index is 6.58. The van der Waals surface area contributed by atoms with E-state index in [1.54, 1.807) is 0 Å². The molecule has 0 fully saturated rings. The van der Waals surface area contributed by atoms with E-state index in [0.29, 0.717) is 0 Å². The van der Waals surface area contributed by atoms with Crippen LogP contribution in [0.15, 0.2) is 133 Å². The molecular formula is C41H28O. The molecule has 0 radical (unpaired) electrons. The summed E-state index contributed by atoms with van der Waals surface area (Å²) in [6, 6.07) is 48.6. The molecule has 7 aromatic carbocycles. The Kier molecular flexibility index (Phi) is 4.73. The molecule has 0 N–H and O–H groups in total. The van der Waals surface area contributed by atoms with Crippen LogP contribution in [0.1, 0.15) is 25.0 Å². The van der Waals surface area contributed by atoms with E-state index >= 15 is 0 Å². The topological polar surface area (TPSA) is 9.23 Å². The first-order valence-corrected chi connectivity index (χ1v) is 14.7. The lowest BCUT2D eigenvalue weighted by Gasteiger charge is -2.23. The molecule has 0 aromatic heterocycles. The maximum atomic E-state index is 6.58. The van der Waals surface area contributed by atoms with Gasteiger partial charge in [-0.25, -0.2) is 0 Å². The van der Waals surface area contributed by atoms with Gasteiger partial charge in [-0.3, -0.25) is 0 Å². The van der Waals surface area contributed by atoms with E-state index in [9.17, 15) is 0 Å². The summed E-state index contributed by atoms with van der Waals surface area (Å²) in [6.45, 7) is 4.69. The Morgan fingerprint density at radius 3 is 2.12 bits per heavy atom. The van der Waals surface area contributed by atoms with E-state index in [1.807, 2.05) is 0 Å². The minimum Gasteiger partial charge on any atom is -0.456 e. The monoisotopic (exact) mass is 536 g/mol. The molecule has 0 amide bonds. The van der Waals surface area contributed by atoms with Crippen molar-refractivity contribution in [1.82, 2.24) is 0 Å². The molecule has 1 nitrogen and oxygen atoms in total. The van der Waals surface area contributed by atoms with Crippen LogP contribution in [0.5, 0.6) is 11.5 Å². The zero-order valence-corrected chi connectivity index (χ0v) is 23.6. The lowest BCUT2D eigenvalue weighted by molar-refractivity contribution is 0.487. The van der Waals surface area contributed by atoms with Crippen molar-refractivity contribution in [1.29, 1.82) is 0 Å². The van der Waals surface area contributed by atoms with Gasteiger partial charge in [0, 0.05) is 16.4 Å². The molecule has 7 aromatic rings. The number of ether oxygens (including phenoxy) is 1. The Morgan fingerprint density at radius 2 is 1.21 bits per heavy atom. The molecule has 0 atom stereocenters. The molecule has 0 unspecified atom stereocenters. The van der Waals surface area contributed by atoms with Crippen molar-refractivity contribution in [2.45, 2.75) is 19.3 Å². The quantitative estimate of drug-likeness (QED) is 0.213. The lowest BCUT2D eigenvalue weighted by Crippen LogP contribution is -2.14. The Hall–Kier alpha value is -5.14. The number of rotatable bonds is 2. The average Bonchev–Trinajstić information content (AvgIpc) is 3.26. The van der Waals surface area contributed by atoms with E-state index < -0.39 is 0 Å². The van der Waals surface area contributed by atoms with Gasteiger partial charge in [-0.1, -0.05) is 111 Å². The van der Waals surface area contributed by atoms with E-state index in [1.165, 1.54) is 66.1 Å². The average molecular weight is 537 g/mol. The van der Waals surface area contributed by atoms with E-state index in [-0.39, 0.29) is 5.41 Å². The minimum absolute atomic E-state index is 0.0124. The molecule has 2 aliphatic rings. The van der Waals surface area contributed by atoms with Crippen molar-refractivity contribution in [3.8, 4) is 56.0 Å². The van der Waals surface area contributed by atoms with Crippen LogP contribution in [-0.2, 0) is 5.41 Å². The van der Waals surface area contributed by atoms with Crippen LogP contribution in [-0.4, -0.2) is 0 Å². The van der Waals surface area contributed by atoms with Gasteiger partial charge in [0.15, 0.2) is 0 Å². The van der Waals surface area contributed by atoms with Gasteiger partial charge in [0.25, 0.3) is 0 Å². The predicted molar refractivity (Wildman–Crippen MR) is 175 cm³/mol. The van der Waals surface area contributed by atoms with E-state index in [0.717, 1.165) is 22.6 Å². The van der Waals surface area contributed by atoms with Crippen molar-refractivity contribution in [3.63, 3.8) is 0 Å². The van der Waals surface area contributed by atoms with Crippen LogP contribution in [0.3, 0.4) is 0 Å². The highest BCUT2D eigenvalue weighted by Gasteiger charge is 2.35. The van der Waals surface area contributed by atoms with Crippen LogP contribution in [0.2, 0.25) is 0 Å². The highest BCUT2D eigenvalue weighted by molar-refractivity contribution is 6.10. The summed E-state index contributed by atoms with van der Waals surface area (Å²) in [4.78, 5) is 0. The second-order valence-electron chi connectivity index (χ2n) is 12.1. The van der Waals surface area contributed by atoms with E-state index in [4.69, 9.17) is 4.74 Å². The summed E-state index contributed by atoms with van der Waals surface area (Å²) in [5.41, 5.74) is 12.7. The highest BCUT2D eigenvalue weighted by Crippen LogP contribution is 2.51. The molecule has 0 saturated carbocycles. The van der Waals surface area contributed by atoms with Crippen LogP contribution < -0.4 is 4.74 Å². The summed E-state index contributed by atoms with van der Waals surface area (Å²) in [6.07, 6.45) is 0. The van der Waals surface area contributed by atoms with Crippen LogP contribution in [0.25, 0.3) is 66.1 Å². The van der Waals surface area contributed by atoms with Crippen LogP contribution in [0, 0.1) is 0 Å². The van der Waals surface area contributed by atoms with Crippen molar-refractivity contribution in [2.24, 2.45) is 0 Å².